The van der Waals surface area contributed by atoms with Crippen LogP contribution < -0.4 is 5.30 Å². The Morgan fingerprint density at radius 3 is 2.56 bits per heavy atom. The van der Waals surface area contributed by atoms with E-state index in [2.05, 4.69) is 4.79 Å². The fraction of sp³-hybridized carbons (Fsp3) is 0.364. The van der Waals surface area contributed by atoms with Crippen LogP contribution in [0.1, 0.15) is 20.3 Å². The van der Waals surface area contributed by atoms with Crippen LogP contribution in [0.3, 0.4) is 0 Å². The van der Waals surface area contributed by atoms with Gasteiger partial charge in [-0.3, -0.25) is 4.57 Å². The summed E-state index contributed by atoms with van der Waals surface area (Å²) in [4.78, 5) is 3.02. The highest BCUT2D eigenvalue weighted by Crippen LogP contribution is 2.46. The maximum Gasteiger partial charge on any atom is 0.352 e. The van der Waals surface area contributed by atoms with Gasteiger partial charge in [-0.1, -0.05) is 25.1 Å². The van der Waals surface area contributed by atoms with Crippen molar-refractivity contribution in [3.05, 3.63) is 35.9 Å². The lowest BCUT2D eigenvalue weighted by Crippen LogP contribution is -2.14. The van der Waals surface area contributed by atoms with E-state index in [0.29, 0.717) is 11.9 Å². The summed E-state index contributed by atoms with van der Waals surface area (Å²) in [5.41, 5.74) is 8.88. The molecule has 86 valence electrons. The molecule has 1 aromatic carbocycles. The molecule has 1 aromatic rings. The van der Waals surface area contributed by atoms with Gasteiger partial charge in [-0.25, -0.2) is 0 Å². The van der Waals surface area contributed by atoms with E-state index in [1.54, 1.807) is 24.3 Å². The van der Waals surface area contributed by atoms with Crippen molar-refractivity contribution in [2.45, 2.75) is 20.3 Å². The lowest BCUT2D eigenvalue weighted by molar-refractivity contribution is -0.00234. The summed E-state index contributed by atoms with van der Waals surface area (Å²) in [7, 11) is -3.18. The standard InChI is InChI=1S/C11H15N2O2P/c1-3-9-15-16(14,10(2)13-12)11-7-5-4-6-8-11/h4-8H,3,9H2,1-2H3. The van der Waals surface area contributed by atoms with E-state index in [-0.39, 0.29) is 5.45 Å². The molecule has 0 heterocycles. The zero-order valence-corrected chi connectivity index (χ0v) is 10.4. The molecule has 0 amide bonds. The van der Waals surface area contributed by atoms with Crippen LogP contribution in [0.4, 0.5) is 0 Å². The van der Waals surface area contributed by atoms with Crippen molar-refractivity contribution < 1.29 is 13.9 Å². The quantitative estimate of drug-likeness (QED) is 0.342. The molecule has 0 spiro atoms. The van der Waals surface area contributed by atoms with E-state index >= 15 is 0 Å². The first-order valence-corrected chi connectivity index (χ1v) is 6.77. The Bertz CT molecular complexity index is 439. The molecule has 1 rings (SSSR count). The summed E-state index contributed by atoms with van der Waals surface area (Å²) in [6.45, 7) is 3.81. The first kappa shape index (κ1) is 12.9. The van der Waals surface area contributed by atoms with Gasteiger partial charge >= 0.3 is 12.8 Å². The van der Waals surface area contributed by atoms with Gasteiger partial charge in [-0.2, -0.15) is 4.79 Å². The lowest BCUT2D eigenvalue weighted by atomic mass is 10.4. The second-order valence-electron chi connectivity index (χ2n) is 3.37. The largest absolute Gasteiger partial charge is 0.361 e. The third-order valence-corrected chi connectivity index (χ3v) is 4.61. The minimum absolute atomic E-state index is 0.118. The van der Waals surface area contributed by atoms with Crippen LogP contribution in [0, 0.1) is 0 Å². The highest BCUT2D eigenvalue weighted by Gasteiger charge is 2.36. The second kappa shape index (κ2) is 5.76. The van der Waals surface area contributed by atoms with Crippen LogP contribution in [0.25, 0.3) is 5.53 Å². The van der Waals surface area contributed by atoms with Crippen molar-refractivity contribution in [3.8, 4) is 0 Å². The summed E-state index contributed by atoms with van der Waals surface area (Å²) in [5.74, 6) is 0. The van der Waals surface area contributed by atoms with E-state index in [9.17, 15) is 4.57 Å². The van der Waals surface area contributed by atoms with Crippen molar-refractivity contribution in [2.24, 2.45) is 0 Å². The highest BCUT2D eigenvalue weighted by atomic mass is 31.2. The third kappa shape index (κ3) is 2.67. The molecular formula is C11H15N2O2P. The number of rotatable bonds is 5. The maximum atomic E-state index is 12.6. The Balaban J connectivity index is 3.16. The molecule has 4 nitrogen and oxygen atoms in total. The number of nitrogens with zero attached hydrogens (tertiary/aromatic N) is 2. The molecule has 1 unspecified atom stereocenters. The van der Waals surface area contributed by atoms with E-state index < -0.39 is 7.37 Å². The van der Waals surface area contributed by atoms with Crippen molar-refractivity contribution in [1.82, 2.24) is 0 Å². The zero-order chi connectivity index (χ0) is 12.0. The molecule has 0 aliphatic heterocycles. The molecule has 16 heavy (non-hydrogen) atoms. The van der Waals surface area contributed by atoms with Crippen molar-refractivity contribution >= 4 is 18.1 Å². The van der Waals surface area contributed by atoms with Gasteiger partial charge in [0.1, 0.15) is 0 Å². The first-order valence-electron chi connectivity index (χ1n) is 5.14. The smallest absolute Gasteiger partial charge is 0.352 e. The van der Waals surface area contributed by atoms with Crippen LogP contribution in [0.15, 0.2) is 30.3 Å². The Kier molecular flexibility index (Phi) is 4.63. The minimum atomic E-state index is -3.18. The molecule has 0 bridgehead atoms. The third-order valence-electron chi connectivity index (χ3n) is 2.14. The van der Waals surface area contributed by atoms with Crippen molar-refractivity contribution in [1.29, 1.82) is 0 Å². The highest BCUT2D eigenvalue weighted by molar-refractivity contribution is 7.82. The Morgan fingerprint density at radius 2 is 2.06 bits per heavy atom. The molecule has 0 aliphatic carbocycles. The van der Waals surface area contributed by atoms with E-state index in [1.807, 2.05) is 13.0 Å². The molecule has 0 fully saturated rings. The SMILES string of the molecule is CCCOP(=O)(C(C)=[N+]=[N-])c1ccccc1. The number of hydrogen-bond acceptors (Lipinski definition) is 2. The molecule has 1 atom stereocenters. The molecule has 0 radical (unpaired) electrons. The minimum Gasteiger partial charge on any atom is -0.361 e. The van der Waals surface area contributed by atoms with Gasteiger partial charge < -0.3 is 10.1 Å². The van der Waals surface area contributed by atoms with E-state index in [0.717, 1.165) is 6.42 Å². The van der Waals surface area contributed by atoms with Gasteiger partial charge in [0.25, 0.3) is 0 Å². The van der Waals surface area contributed by atoms with E-state index in [1.165, 1.54) is 6.92 Å². The Morgan fingerprint density at radius 1 is 1.44 bits per heavy atom. The number of benzene rings is 1. The normalized spacial score (nSPS) is 13.9. The van der Waals surface area contributed by atoms with Gasteiger partial charge in [0.05, 0.1) is 6.61 Å². The fourth-order valence-corrected chi connectivity index (χ4v) is 3.09. The summed E-state index contributed by atoms with van der Waals surface area (Å²) in [6.07, 6.45) is 0.759. The van der Waals surface area contributed by atoms with Gasteiger partial charge in [0.2, 0.25) is 0 Å². The Labute approximate surface area is 95.3 Å². The van der Waals surface area contributed by atoms with Gasteiger partial charge in [-0.15, -0.1) is 0 Å². The van der Waals surface area contributed by atoms with Crippen LogP contribution in [0.2, 0.25) is 0 Å². The Hall–Kier alpha value is -1.21. The molecule has 5 heteroatoms. The van der Waals surface area contributed by atoms with Gasteiger partial charge in [-0.05, 0) is 18.6 Å². The van der Waals surface area contributed by atoms with Crippen molar-refractivity contribution in [3.63, 3.8) is 0 Å². The fourth-order valence-electron chi connectivity index (χ4n) is 1.26. The van der Waals surface area contributed by atoms with Gasteiger partial charge in [0.15, 0.2) is 0 Å². The van der Waals surface area contributed by atoms with Crippen molar-refractivity contribution in [2.75, 3.05) is 6.61 Å². The number of hydrogen-bond donors (Lipinski definition) is 0. The van der Waals surface area contributed by atoms with Gasteiger partial charge in [0, 0.05) is 12.2 Å². The van der Waals surface area contributed by atoms with Crippen LogP contribution in [-0.4, -0.2) is 16.8 Å². The predicted molar refractivity (Wildman–Crippen MR) is 64.2 cm³/mol. The molecule has 0 N–H and O–H groups in total. The molecule has 0 aliphatic rings. The molecular weight excluding hydrogens is 223 g/mol. The van der Waals surface area contributed by atoms with Crippen LogP contribution >= 0.6 is 7.37 Å². The van der Waals surface area contributed by atoms with Crippen LogP contribution in [0.5, 0.6) is 0 Å². The zero-order valence-electron chi connectivity index (χ0n) is 9.46. The molecule has 0 saturated carbocycles. The van der Waals surface area contributed by atoms with Crippen LogP contribution in [-0.2, 0) is 9.09 Å². The average Bonchev–Trinajstić information content (AvgIpc) is 2.36. The maximum absolute atomic E-state index is 12.6. The first-order chi connectivity index (χ1) is 7.65. The summed E-state index contributed by atoms with van der Waals surface area (Å²) in [6, 6.07) is 8.82. The lowest BCUT2D eigenvalue weighted by Gasteiger charge is -2.12. The second-order valence-corrected chi connectivity index (χ2v) is 5.89. The molecule has 0 saturated heterocycles. The summed E-state index contributed by atoms with van der Waals surface area (Å²) >= 11 is 0. The monoisotopic (exact) mass is 238 g/mol. The van der Waals surface area contributed by atoms with E-state index in [4.69, 9.17) is 10.1 Å². The average molecular weight is 238 g/mol. The predicted octanol–water partition coefficient (Wildman–Crippen LogP) is 2.66. The molecule has 0 aromatic heterocycles. The summed E-state index contributed by atoms with van der Waals surface area (Å²) < 4.78 is 18.0. The topological polar surface area (TPSA) is 62.7 Å². The summed E-state index contributed by atoms with van der Waals surface area (Å²) in [5, 5.41) is 0.554.